The molecule has 0 aliphatic carbocycles. The summed E-state index contributed by atoms with van der Waals surface area (Å²) < 4.78 is 0. The number of carbonyl (C=O) groups excluding carboxylic acids is 1. The van der Waals surface area contributed by atoms with Crippen LogP contribution >= 0.6 is 0 Å². The number of aromatic nitrogens is 2. The van der Waals surface area contributed by atoms with E-state index in [9.17, 15) is 4.79 Å². The Kier molecular flexibility index (Phi) is 5.32. The van der Waals surface area contributed by atoms with Crippen molar-refractivity contribution in [2.24, 2.45) is 5.73 Å². The molecule has 1 aromatic carbocycles. The average Bonchev–Trinajstić information content (AvgIpc) is 2.97. The van der Waals surface area contributed by atoms with Gasteiger partial charge in [0.2, 0.25) is 5.91 Å². The number of aromatic amines is 1. The first-order chi connectivity index (χ1) is 9.75. The van der Waals surface area contributed by atoms with Gasteiger partial charge >= 0.3 is 0 Å². The van der Waals surface area contributed by atoms with Gasteiger partial charge in [-0.2, -0.15) is 0 Å². The molecule has 2 aromatic rings. The van der Waals surface area contributed by atoms with E-state index in [-0.39, 0.29) is 5.91 Å². The monoisotopic (exact) mass is 272 g/mol. The summed E-state index contributed by atoms with van der Waals surface area (Å²) >= 11 is 0. The standard InChI is InChI=1S/C15H20N4O/c16-13(11-12-5-2-1-3-6-12)15(20)19-8-4-7-14-17-9-10-18-14/h1-3,5-6,9-10,13H,4,7-8,11,16H2,(H,17,18)(H,19,20). The first-order valence-corrected chi connectivity index (χ1v) is 6.81. The lowest BCUT2D eigenvalue weighted by atomic mass is 10.1. The van der Waals surface area contributed by atoms with E-state index in [0.717, 1.165) is 24.2 Å². The molecule has 1 amide bonds. The van der Waals surface area contributed by atoms with Crippen LogP contribution in [-0.2, 0) is 17.6 Å². The van der Waals surface area contributed by atoms with Crippen molar-refractivity contribution < 1.29 is 4.79 Å². The van der Waals surface area contributed by atoms with Crippen LogP contribution in [0.15, 0.2) is 42.7 Å². The van der Waals surface area contributed by atoms with Gasteiger partial charge in [0, 0.05) is 25.4 Å². The predicted molar refractivity (Wildman–Crippen MR) is 78.0 cm³/mol. The lowest BCUT2D eigenvalue weighted by Crippen LogP contribution is -2.42. The summed E-state index contributed by atoms with van der Waals surface area (Å²) in [4.78, 5) is 19.0. The molecule has 0 aliphatic rings. The quantitative estimate of drug-likeness (QED) is 0.658. The number of imidazole rings is 1. The van der Waals surface area contributed by atoms with Crippen molar-refractivity contribution in [3.8, 4) is 0 Å². The lowest BCUT2D eigenvalue weighted by Gasteiger charge is -2.12. The Morgan fingerprint density at radius 2 is 2.15 bits per heavy atom. The van der Waals surface area contributed by atoms with Gasteiger partial charge in [-0.3, -0.25) is 4.79 Å². The zero-order valence-corrected chi connectivity index (χ0v) is 11.4. The van der Waals surface area contributed by atoms with Gasteiger partial charge < -0.3 is 16.0 Å². The maximum atomic E-state index is 11.8. The Labute approximate surface area is 118 Å². The number of H-pyrrole nitrogens is 1. The van der Waals surface area contributed by atoms with Gasteiger partial charge in [0.15, 0.2) is 0 Å². The molecular weight excluding hydrogens is 252 g/mol. The van der Waals surface area contributed by atoms with Crippen molar-refractivity contribution in [2.45, 2.75) is 25.3 Å². The Hall–Kier alpha value is -2.14. The summed E-state index contributed by atoms with van der Waals surface area (Å²) in [5.41, 5.74) is 6.97. The van der Waals surface area contributed by atoms with Gasteiger partial charge in [-0.15, -0.1) is 0 Å². The number of aryl methyl sites for hydroxylation is 1. The fraction of sp³-hybridized carbons (Fsp3) is 0.333. The van der Waals surface area contributed by atoms with Crippen LogP contribution < -0.4 is 11.1 Å². The first kappa shape index (κ1) is 14.3. The Morgan fingerprint density at radius 1 is 1.35 bits per heavy atom. The van der Waals surface area contributed by atoms with E-state index in [1.807, 2.05) is 30.3 Å². The van der Waals surface area contributed by atoms with Crippen molar-refractivity contribution in [3.63, 3.8) is 0 Å². The van der Waals surface area contributed by atoms with Crippen molar-refractivity contribution in [3.05, 3.63) is 54.1 Å². The van der Waals surface area contributed by atoms with Crippen LogP contribution in [0.1, 0.15) is 17.8 Å². The molecule has 2 rings (SSSR count). The molecule has 106 valence electrons. The van der Waals surface area contributed by atoms with Crippen molar-refractivity contribution in [1.29, 1.82) is 0 Å². The maximum Gasteiger partial charge on any atom is 0.237 e. The molecular formula is C15H20N4O. The molecule has 0 bridgehead atoms. The van der Waals surface area contributed by atoms with Crippen LogP contribution in [0.3, 0.4) is 0 Å². The highest BCUT2D eigenvalue weighted by Gasteiger charge is 2.13. The third-order valence-electron chi connectivity index (χ3n) is 3.08. The van der Waals surface area contributed by atoms with Crippen LogP contribution in [-0.4, -0.2) is 28.5 Å². The average molecular weight is 272 g/mol. The largest absolute Gasteiger partial charge is 0.355 e. The predicted octanol–water partition coefficient (Wildman–Crippen LogP) is 1.03. The Balaban J connectivity index is 1.66. The molecule has 1 atom stereocenters. The molecule has 0 saturated heterocycles. The molecule has 0 spiro atoms. The van der Waals surface area contributed by atoms with Crippen molar-refractivity contribution in [2.75, 3.05) is 6.54 Å². The lowest BCUT2D eigenvalue weighted by molar-refractivity contribution is -0.122. The second-order valence-electron chi connectivity index (χ2n) is 4.73. The summed E-state index contributed by atoms with van der Waals surface area (Å²) in [6.07, 6.45) is 5.75. The van der Waals surface area contributed by atoms with E-state index in [0.29, 0.717) is 13.0 Å². The van der Waals surface area contributed by atoms with E-state index in [2.05, 4.69) is 15.3 Å². The minimum absolute atomic E-state index is 0.103. The molecule has 0 aliphatic heterocycles. The van der Waals surface area contributed by atoms with Crippen LogP contribution in [0.4, 0.5) is 0 Å². The number of nitrogens with one attached hydrogen (secondary N) is 2. The summed E-state index contributed by atoms with van der Waals surface area (Å²) in [6, 6.07) is 9.30. The number of carbonyl (C=O) groups is 1. The number of hydrogen-bond donors (Lipinski definition) is 3. The fourth-order valence-corrected chi connectivity index (χ4v) is 1.99. The summed E-state index contributed by atoms with van der Waals surface area (Å²) in [5.74, 6) is 0.834. The van der Waals surface area contributed by atoms with Gasteiger partial charge in [0.1, 0.15) is 5.82 Å². The molecule has 5 heteroatoms. The van der Waals surface area contributed by atoms with Crippen LogP contribution in [0, 0.1) is 0 Å². The molecule has 0 saturated carbocycles. The normalized spacial score (nSPS) is 12.1. The molecule has 20 heavy (non-hydrogen) atoms. The van der Waals surface area contributed by atoms with E-state index in [1.54, 1.807) is 12.4 Å². The zero-order valence-electron chi connectivity index (χ0n) is 11.4. The zero-order chi connectivity index (χ0) is 14.2. The molecule has 0 fully saturated rings. The minimum atomic E-state index is -0.499. The van der Waals surface area contributed by atoms with Gasteiger partial charge in [0.05, 0.1) is 6.04 Å². The third-order valence-corrected chi connectivity index (χ3v) is 3.08. The van der Waals surface area contributed by atoms with E-state index >= 15 is 0 Å². The van der Waals surface area contributed by atoms with Crippen LogP contribution in [0.25, 0.3) is 0 Å². The van der Waals surface area contributed by atoms with Gasteiger partial charge in [0.25, 0.3) is 0 Å². The van der Waals surface area contributed by atoms with E-state index < -0.39 is 6.04 Å². The highest BCUT2D eigenvalue weighted by atomic mass is 16.2. The Morgan fingerprint density at radius 3 is 2.85 bits per heavy atom. The second-order valence-corrected chi connectivity index (χ2v) is 4.73. The van der Waals surface area contributed by atoms with Gasteiger partial charge in [-0.05, 0) is 18.4 Å². The number of benzene rings is 1. The summed E-state index contributed by atoms with van der Waals surface area (Å²) in [5, 5.41) is 2.86. The molecule has 1 unspecified atom stereocenters. The molecule has 1 aromatic heterocycles. The smallest absolute Gasteiger partial charge is 0.237 e. The maximum absolute atomic E-state index is 11.8. The SMILES string of the molecule is NC(Cc1ccccc1)C(=O)NCCCc1ncc[nH]1. The summed E-state index contributed by atoms with van der Waals surface area (Å²) in [7, 11) is 0. The number of amides is 1. The van der Waals surface area contributed by atoms with Crippen molar-refractivity contribution >= 4 is 5.91 Å². The number of nitrogens with zero attached hydrogens (tertiary/aromatic N) is 1. The van der Waals surface area contributed by atoms with E-state index in [4.69, 9.17) is 5.73 Å². The van der Waals surface area contributed by atoms with Crippen molar-refractivity contribution in [1.82, 2.24) is 15.3 Å². The Bertz CT molecular complexity index is 510. The van der Waals surface area contributed by atoms with E-state index in [1.165, 1.54) is 0 Å². The third kappa shape index (κ3) is 4.51. The summed E-state index contributed by atoms with van der Waals surface area (Å²) in [6.45, 7) is 0.613. The van der Waals surface area contributed by atoms with Gasteiger partial charge in [-0.25, -0.2) is 4.98 Å². The number of hydrogen-bond acceptors (Lipinski definition) is 3. The fourth-order valence-electron chi connectivity index (χ4n) is 1.99. The minimum Gasteiger partial charge on any atom is -0.355 e. The topological polar surface area (TPSA) is 83.8 Å². The molecule has 4 N–H and O–H groups in total. The highest BCUT2D eigenvalue weighted by molar-refractivity contribution is 5.81. The van der Waals surface area contributed by atoms with Crippen LogP contribution in [0.2, 0.25) is 0 Å². The molecule has 5 nitrogen and oxygen atoms in total. The van der Waals surface area contributed by atoms with Crippen LogP contribution in [0.5, 0.6) is 0 Å². The first-order valence-electron chi connectivity index (χ1n) is 6.81. The molecule has 0 radical (unpaired) electrons. The highest BCUT2D eigenvalue weighted by Crippen LogP contribution is 2.02. The number of nitrogens with two attached hydrogens (primary N) is 1. The van der Waals surface area contributed by atoms with Gasteiger partial charge in [-0.1, -0.05) is 30.3 Å². The second kappa shape index (κ2) is 7.45. The number of rotatable bonds is 7. The molecule has 1 heterocycles.